The second-order valence-corrected chi connectivity index (χ2v) is 7.56. The Balaban J connectivity index is 1.75. The van der Waals surface area contributed by atoms with Crippen molar-refractivity contribution in [2.24, 2.45) is 0 Å². The molecule has 0 unspecified atom stereocenters. The molecule has 0 radical (unpaired) electrons. The summed E-state index contributed by atoms with van der Waals surface area (Å²) in [5.74, 6) is -0.0912. The topological polar surface area (TPSA) is 101 Å². The second-order valence-electron chi connectivity index (χ2n) is 7.56. The monoisotopic (exact) mass is 402 g/mol. The lowest BCUT2D eigenvalue weighted by molar-refractivity contribution is 0.0697. The first kappa shape index (κ1) is 19.6. The van der Waals surface area contributed by atoms with Gasteiger partial charge in [-0.2, -0.15) is 0 Å². The van der Waals surface area contributed by atoms with Crippen LogP contribution in [-0.2, 0) is 6.54 Å². The zero-order valence-electron chi connectivity index (χ0n) is 17.0. The van der Waals surface area contributed by atoms with Crippen LogP contribution in [0.2, 0.25) is 0 Å². The number of carboxylic acids is 1. The number of carbonyl (C=O) groups is 1. The average Bonchev–Trinajstić information content (AvgIpc) is 3.12. The van der Waals surface area contributed by atoms with Crippen molar-refractivity contribution in [3.05, 3.63) is 71.2 Å². The molecule has 2 N–H and O–H groups in total. The summed E-state index contributed by atoms with van der Waals surface area (Å²) in [5.41, 5.74) is 4.68. The van der Waals surface area contributed by atoms with Crippen molar-refractivity contribution >= 4 is 17.0 Å². The minimum atomic E-state index is -0.951. The van der Waals surface area contributed by atoms with E-state index in [2.05, 4.69) is 24.0 Å². The summed E-state index contributed by atoms with van der Waals surface area (Å²) < 4.78 is 1.97. The van der Waals surface area contributed by atoms with Crippen LogP contribution in [0, 0.1) is 6.92 Å². The van der Waals surface area contributed by atoms with Crippen LogP contribution >= 0.6 is 0 Å². The number of nitrogens with zero attached hydrogens (tertiary/aromatic N) is 4. The van der Waals surface area contributed by atoms with E-state index < -0.39 is 5.97 Å². The van der Waals surface area contributed by atoms with Gasteiger partial charge < -0.3 is 14.8 Å². The maximum absolute atomic E-state index is 11.5. The summed E-state index contributed by atoms with van der Waals surface area (Å²) in [6, 6.07) is 14.7. The second kappa shape index (κ2) is 7.59. The standard InChI is InChI=1S/C23H22N4O3/c1-13(2)21-24-19-14(3)25-26-22(28)20(19)27(21)12-15-8-10-16(11-9-15)17-6-4-5-7-18(17)23(29)30/h4-11,13H,12H2,1-3H3,(H,26,28)(H,29,30). The van der Waals surface area contributed by atoms with Gasteiger partial charge >= 0.3 is 5.97 Å². The van der Waals surface area contributed by atoms with E-state index in [4.69, 9.17) is 4.98 Å². The van der Waals surface area contributed by atoms with Crippen molar-refractivity contribution in [1.29, 1.82) is 0 Å². The molecule has 0 aliphatic rings. The summed E-state index contributed by atoms with van der Waals surface area (Å²) in [7, 11) is 0. The molecule has 152 valence electrons. The molecule has 4 aromatic rings. The van der Waals surface area contributed by atoms with Crippen LogP contribution < -0.4 is 0 Å². The van der Waals surface area contributed by atoms with E-state index >= 15 is 0 Å². The van der Waals surface area contributed by atoms with Crippen molar-refractivity contribution in [3.8, 4) is 17.0 Å². The molecule has 0 aliphatic carbocycles. The van der Waals surface area contributed by atoms with Crippen LogP contribution in [0.5, 0.6) is 5.88 Å². The molecule has 0 fully saturated rings. The number of hydrogen-bond donors (Lipinski definition) is 2. The molecule has 0 amide bonds. The van der Waals surface area contributed by atoms with E-state index in [0.717, 1.165) is 17.0 Å². The Bertz CT molecular complexity index is 1240. The molecule has 2 aromatic carbocycles. The highest BCUT2D eigenvalue weighted by Gasteiger charge is 2.20. The van der Waals surface area contributed by atoms with E-state index in [9.17, 15) is 15.0 Å². The van der Waals surface area contributed by atoms with Gasteiger partial charge in [-0.25, -0.2) is 9.78 Å². The third kappa shape index (κ3) is 3.39. The van der Waals surface area contributed by atoms with E-state index in [1.165, 1.54) is 0 Å². The number of hydrogen-bond acceptors (Lipinski definition) is 5. The molecule has 0 bridgehead atoms. The van der Waals surface area contributed by atoms with Gasteiger partial charge in [-0.3, -0.25) is 0 Å². The quantitative estimate of drug-likeness (QED) is 0.514. The van der Waals surface area contributed by atoms with Gasteiger partial charge in [-0.05, 0) is 29.7 Å². The Hall–Kier alpha value is -3.74. The van der Waals surface area contributed by atoms with Gasteiger partial charge in [-0.1, -0.05) is 56.3 Å². The summed E-state index contributed by atoms with van der Waals surface area (Å²) >= 11 is 0. The SMILES string of the molecule is Cc1nnc(O)c2c1nc(C(C)C)n2Cc1ccc(-c2ccccc2C(=O)O)cc1. The van der Waals surface area contributed by atoms with Crippen LogP contribution in [0.4, 0.5) is 0 Å². The smallest absolute Gasteiger partial charge is 0.336 e. The highest BCUT2D eigenvalue weighted by atomic mass is 16.4. The first-order chi connectivity index (χ1) is 14.4. The molecule has 7 heteroatoms. The normalized spacial score (nSPS) is 11.3. The Morgan fingerprint density at radius 2 is 1.77 bits per heavy atom. The molecule has 7 nitrogen and oxygen atoms in total. The molecule has 4 rings (SSSR count). The third-order valence-corrected chi connectivity index (χ3v) is 5.13. The van der Waals surface area contributed by atoms with Crippen LogP contribution in [0.15, 0.2) is 48.5 Å². The fraction of sp³-hybridized carbons (Fsp3) is 0.217. The van der Waals surface area contributed by atoms with Crippen LogP contribution in [0.25, 0.3) is 22.2 Å². The molecule has 0 aliphatic heterocycles. The lowest BCUT2D eigenvalue weighted by Crippen LogP contribution is -2.07. The number of aromatic carboxylic acids is 1. The molecular formula is C23H22N4O3. The van der Waals surface area contributed by atoms with E-state index in [0.29, 0.717) is 28.8 Å². The van der Waals surface area contributed by atoms with E-state index in [-0.39, 0.29) is 17.4 Å². The molecule has 0 saturated carbocycles. The Morgan fingerprint density at radius 3 is 2.43 bits per heavy atom. The number of aromatic hydroxyl groups is 1. The maximum atomic E-state index is 11.5. The van der Waals surface area contributed by atoms with E-state index in [1.807, 2.05) is 41.8 Å². The fourth-order valence-corrected chi connectivity index (χ4v) is 3.66. The number of fused-ring (bicyclic) bond motifs is 1. The summed E-state index contributed by atoms with van der Waals surface area (Å²) in [6.45, 7) is 6.43. The number of aromatic nitrogens is 4. The van der Waals surface area contributed by atoms with Crippen molar-refractivity contribution in [2.45, 2.75) is 33.2 Å². The van der Waals surface area contributed by atoms with Crippen LogP contribution in [-0.4, -0.2) is 35.9 Å². The zero-order chi connectivity index (χ0) is 21.4. The zero-order valence-corrected chi connectivity index (χ0v) is 17.0. The first-order valence-electron chi connectivity index (χ1n) is 9.70. The Kier molecular flexibility index (Phi) is 4.95. The lowest BCUT2D eigenvalue weighted by Gasteiger charge is -2.13. The van der Waals surface area contributed by atoms with Crippen molar-refractivity contribution in [2.75, 3.05) is 0 Å². The molecular weight excluding hydrogens is 380 g/mol. The first-order valence-corrected chi connectivity index (χ1v) is 9.70. The average molecular weight is 402 g/mol. The summed E-state index contributed by atoms with van der Waals surface area (Å²) in [5, 5.41) is 27.6. The van der Waals surface area contributed by atoms with Gasteiger partial charge in [0, 0.05) is 12.5 Å². The predicted octanol–water partition coefficient (Wildman–Crippen LogP) is 4.38. The largest absolute Gasteiger partial charge is 0.491 e. The van der Waals surface area contributed by atoms with E-state index in [1.54, 1.807) is 18.2 Å². The van der Waals surface area contributed by atoms with Crippen LogP contribution in [0.1, 0.15) is 47.2 Å². The minimum absolute atomic E-state index is 0.137. The Labute approximate surface area is 173 Å². The van der Waals surface area contributed by atoms with Gasteiger partial charge in [-0.15, -0.1) is 10.2 Å². The van der Waals surface area contributed by atoms with Crippen molar-refractivity contribution < 1.29 is 15.0 Å². The molecule has 0 atom stereocenters. The fourth-order valence-electron chi connectivity index (χ4n) is 3.66. The molecule has 2 aromatic heterocycles. The minimum Gasteiger partial charge on any atom is -0.491 e. The number of imidazole rings is 1. The highest BCUT2D eigenvalue weighted by Crippen LogP contribution is 2.30. The van der Waals surface area contributed by atoms with Crippen molar-refractivity contribution in [1.82, 2.24) is 19.7 Å². The number of benzene rings is 2. The van der Waals surface area contributed by atoms with Gasteiger partial charge in [0.05, 0.1) is 11.3 Å². The van der Waals surface area contributed by atoms with Gasteiger partial charge in [0.2, 0.25) is 0 Å². The van der Waals surface area contributed by atoms with Gasteiger partial charge in [0.25, 0.3) is 5.88 Å². The van der Waals surface area contributed by atoms with Crippen molar-refractivity contribution in [3.63, 3.8) is 0 Å². The van der Waals surface area contributed by atoms with Gasteiger partial charge in [0.15, 0.2) is 0 Å². The lowest BCUT2D eigenvalue weighted by atomic mass is 9.98. The number of aryl methyl sites for hydroxylation is 1. The highest BCUT2D eigenvalue weighted by molar-refractivity contribution is 5.96. The molecule has 0 saturated heterocycles. The Morgan fingerprint density at radius 1 is 1.07 bits per heavy atom. The molecule has 2 heterocycles. The maximum Gasteiger partial charge on any atom is 0.336 e. The predicted molar refractivity (Wildman–Crippen MR) is 114 cm³/mol. The summed E-state index contributed by atoms with van der Waals surface area (Å²) in [6.07, 6.45) is 0. The number of rotatable bonds is 5. The van der Waals surface area contributed by atoms with Gasteiger partial charge in [0.1, 0.15) is 16.9 Å². The molecule has 0 spiro atoms. The van der Waals surface area contributed by atoms with Crippen LogP contribution in [0.3, 0.4) is 0 Å². The third-order valence-electron chi connectivity index (χ3n) is 5.13. The number of carboxylic acid groups (broad SMARTS) is 1. The summed E-state index contributed by atoms with van der Waals surface area (Å²) in [4.78, 5) is 16.2. The molecule has 30 heavy (non-hydrogen) atoms.